The highest BCUT2D eigenvalue weighted by Gasteiger charge is 2.07. The summed E-state index contributed by atoms with van der Waals surface area (Å²) in [7, 11) is 2.04. The van der Waals surface area contributed by atoms with Crippen LogP contribution in [0.2, 0.25) is 5.02 Å². The van der Waals surface area contributed by atoms with E-state index in [-0.39, 0.29) is 5.82 Å². The van der Waals surface area contributed by atoms with Gasteiger partial charge in [-0.05, 0) is 63.2 Å². The van der Waals surface area contributed by atoms with Crippen molar-refractivity contribution in [2.45, 2.75) is 19.8 Å². The van der Waals surface area contributed by atoms with Gasteiger partial charge in [0.05, 0.1) is 0 Å². The summed E-state index contributed by atoms with van der Waals surface area (Å²) in [5.41, 5.74) is 6.91. The smallest absolute Gasteiger partial charge is 0.126 e. The van der Waals surface area contributed by atoms with E-state index < -0.39 is 0 Å². The molecule has 0 saturated carbocycles. The van der Waals surface area contributed by atoms with Gasteiger partial charge in [0.1, 0.15) is 5.82 Å². The summed E-state index contributed by atoms with van der Waals surface area (Å²) in [4.78, 5) is 2.18. The van der Waals surface area contributed by atoms with Crippen LogP contribution in [-0.4, -0.2) is 31.6 Å². The molecular weight excluding hydrogens is 239 g/mol. The third-order valence-corrected chi connectivity index (χ3v) is 3.19. The van der Waals surface area contributed by atoms with Crippen LogP contribution >= 0.6 is 11.6 Å². The van der Waals surface area contributed by atoms with Crippen LogP contribution in [0.4, 0.5) is 4.39 Å². The second-order valence-electron chi connectivity index (χ2n) is 4.39. The summed E-state index contributed by atoms with van der Waals surface area (Å²) in [5.74, 6) is -0.186. The largest absolute Gasteiger partial charge is 0.330 e. The monoisotopic (exact) mass is 258 g/mol. The molecule has 2 N–H and O–H groups in total. The van der Waals surface area contributed by atoms with Crippen LogP contribution in [0.3, 0.4) is 0 Å². The molecule has 4 heteroatoms. The van der Waals surface area contributed by atoms with Crippen LogP contribution in [0.1, 0.15) is 17.5 Å². The average molecular weight is 259 g/mol. The lowest BCUT2D eigenvalue weighted by molar-refractivity contribution is 0.335. The molecule has 0 radical (unpaired) electrons. The molecule has 0 aliphatic rings. The second kappa shape index (κ2) is 6.94. The van der Waals surface area contributed by atoms with Gasteiger partial charge in [-0.2, -0.15) is 0 Å². The molecule has 17 heavy (non-hydrogen) atoms. The molecule has 96 valence electrons. The van der Waals surface area contributed by atoms with Gasteiger partial charge in [0.2, 0.25) is 0 Å². The lowest BCUT2D eigenvalue weighted by atomic mass is 10.1. The SMILES string of the molecule is Cc1cc(Cl)c(CCN(C)CCCN)cc1F. The normalized spacial score (nSPS) is 11.2. The van der Waals surface area contributed by atoms with Crippen molar-refractivity contribution in [3.63, 3.8) is 0 Å². The van der Waals surface area contributed by atoms with Crippen molar-refractivity contribution in [2.24, 2.45) is 5.73 Å². The van der Waals surface area contributed by atoms with E-state index in [9.17, 15) is 4.39 Å². The van der Waals surface area contributed by atoms with Crippen molar-refractivity contribution in [1.29, 1.82) is 0 Å². The third-order valence-electron chi connectivity index (χ3n) is 2.83. The highest BCUT2D eigenvalue weighted by atomic mass is 35.5. The van der Waals surface area contributed by atoms with Gasteiger partial charge < -0.3 is 10.6 Å². The summed E-state index contributed by atoms with van der Waals surface area (Å²) in [5, 5.41) is 0.649. The molecule has 0 atom stereocenters. The molecule has 0 bridgehead atoms. The van der Waals surface area contributed by atoms with E-state index in [0.29, 0.717) is 17.1 Å². The van der Waals surface area contributed by atoms with Gasteiger partial charge in [0.25, 0.3) is 0 Å². The first-order valence-corrected chi connectivity index (χ1v) is 6.25. The summed E-state index contributed by atoms with van der Waals surface area (Å²) in [6.07, 6.45) is 1.74. The Kier molecular flexibility index (Phi) is 5.89. The van der Waals surface area contributed by atoms with Crippen molar-refractivity contribution < 1.29 is 4.39 Å². The molecule has 2 nitrogen and oxygen atoms in total. The first kappa shape index (κ1) is 14.4. The van der Waals surface area contributed by atoms with Gasteiger partial charge in [0, 0.05) is 11.6 Å². The fourth-order valence-corrected chi connectivity index (χ4v) is 1.98. The minimum atomic E-state index is -0.186. The van der Waals surface area contributed by atoms with Crippen LogP contribution in [-0.2, 0) is 6.42 Å². The standard InChI is InChI=1S/C13H20ClFN2/c1-10-8-12(14)11(9-13(10)15)4-7-17(2)6-3-5-16/h8-9H,3-7,16H2,1-2H3. The third kappa shape index (κ3) is 4.62. The number of rotatable bonds is 6. The molecular formula is C13H20ClFN2. The number of hydrogen-bond acceptors (Lipinski definition) is 2. The summed E-state index contributed by atoms with van der Waals surface area (Å²) >= 11 is 6.08. The Morgan fingerprint density at radius 1 is 1.35 bits per heavy atom. The summed E-state index contributed by atoms with van der Waals surface area (Å²) < 4.78 is 13.4. The van der Waals surface area contributed by atoms with Gasteiger partial charge in [-0.25, -0.2) is 4.39 Å². The molecule has 0 aromatic heterocycles. The van der Waals surface area contributed by atoms with Crippen LogP contribution < -0.4 is 5.73 Å². The fourth-order valence-electron chi connectivity index (χ4n) is 1.66. The van der Waals surface area contributed by atoms with E-state index in [1.54, 1.807) is 13.0 Å². The van der Waals surface area contributed by atoms with E-state index >= 15 is 0 Å². The Balaban J connectivity index is 2.54. The number of aryl methyl sites for hydroxylation is 1. The molecule has 1 aromatic carbocycles. The highest BCUT2D eigenvalue weighted by Crippen LogP contribution is 2.21. The van der Waals surface area contributed by atoms with Crippen molar-refractivity contribution in [3.05, 3.63) is 34.1 Å². The number of benzene rings is 1. The van der Waals surface area contributed by atoms with Crippen molar-refractivity contribution >= 4 is 11.6 Å². The van der Waals surface area contributed by atoms with Crippen LogP contribution in [0.15, 0.2) is 12.1 Å². The lowest BCUT2D eigenvalue weighted by Gasteiger charge is -2.16. The molecule has 0 unspecified atom stereocenters. The minimum absolute atomic E-state index is 0.186. The maximum atomic E-state index is 13.4. The zero-order valence-electron chi connectivity index (χ0n) is 10.5. The average Bonchev–Trinajstić information content (AvgIpc) is 2.29. The van der Waals surface area contributed by atoms with Crippen LogP contribution in [0, 0.1) is 12.7 Å². The number of likely N-dealkylation sites (N-methyl/N-ethyl adjacent to an activating group) is 1. The molecule has 0 amide bonds. The molecule has 1 rings (SSSR count). The van der Waals surface area contributed by atoms with Gasteiger partial charge in [-0.1, -0.05) is 11.6 Å². The van der Waals surface area contributed by atoms with Crippen LogP contribution in [0.5, 0.6) is 0 Å². The number of halogens is 2. The molecule has 1 aromatic rings. The van der Waals surface area contributed by atoms with Gasteiger partial charge >= 0.3 is 0 Å². The Labute approximate surface area is 108 Å². The number of hydrogen-bond donors (Lipinski definition) is 1. The molecule has 0 aliphatic carbocycles. The van der Waals surface area contributed by atoms with E-state index in [4.69, 9.17) is 17.3 Å². The number of nitrogens with two attached hydrogens (primary N) is 1. The van der Waals surface area contributed by atoms with E-state index in [1.807, 2.05) is 7.05 Å². The second-order valence-corrected chi connectivity index (χ2v) is 4.80. The van der Waals surface area contributed by atoms with Crippen molar-refractivity contribution in [2.75, 3.05) is 26.7 Å². The molecule has 0 spiro atoms. The maximum absolute atomic E-state index is 13.4. The summed E-state index contributed by atoms with van der Waals surface area (Å²) in [6, 6.07) is 3.22. The highest BCUT2D eigenvalue weighted by molar-refractivity contribution is 6.31. The predicted molar refractivity (Wildman–Crippen MR) is 71.0 cm³/mol. The Morgan fingerprint density at radius 2 is 2.06 bits per heavy atom. The van der Waals surface area contributed by atoms with E-state index in [1.165, 1.54) is 6.07 Å². The summed E-state index contributed by atoms with van der Waals surface area (Å²) in [6.45, 7) is 4.24. The quantitative estimate of drug-likeness (QED) is 0.850. The van der Waals surface area contributed by atoms with Crippen molar-refractivity contribution in [3.8, 4) is 0 Å². The minimum Gasteiger partial charge on any atom is -0.330 e. The van der Waals surface area contributed by atoms with Gasteiger partial charge in [-0.15, -0.1) is 0 Å². The zero-order valence-corrected chi connectivity index (χ0v) is 11.2. The van der Waals surface area contributed by atoms with Crippen molar-refractivity contribution in [1.82, 2.24) is 4.90 Å². The Hall–Kier alpha value is -0.640. The van der Waals surface area contributed by atoms with Crippen LogP contribution in [0.25, 0.3) is 0 Å². The lowest BCUT2D eigenvalue weighted by Crippen LogP contribution is -2.24. The molecule has 0 saturated heterocycles. The predicted octanol–water partition coefficient (Wildman–Crippen LogP) is 2.61. The molecule has 0 aliphatic heterocycles. The molecule has 0 fully saturated rings. The topological polar surface area (TPSA) is 29.3 Å². The van der Waals surface area contributed by atoms with Gasteiger partial charge in [0.15, 0.2) is 0 Å². The van der Waals surface area contributed by atoms with Gasteiger partial charge in [-0.3, -0.25) is 0 Å². The first-order valence-electron chi connectivity index (χ1n) is 5.87. The first-order chi connectivity index (χ1) is 8.04. The fraction of sp³-hybridized carbons (Fsp3) is 0.538. The molecule has 0 heterocycles. The Bertz CT molecular complexity index is 369. The number of nitrogens with zero attached hydrogens (tertiary/aromatic N) is 1. The maximum Gasteiger partial charge on any atom is 0.126 e. The Morgan fingerprint density at radius 3 is 2.71 bits per heavy atom. The van der Waals surface area contributed by atoms with E-state index in [2.05, 4.69) is 4.90 Å². The van der Waals surface area contributed by atoms with E-state index in [0.717, 1.165) is 31.5 Å². The zero-order chi connectivity index (χ0) is 12.8.